The number of rotatable bonds is 8. The minimum Gasteiger partial charge on any atom is -0.352 e. The summed E-state index contributed by atoms with van der Waals surface area (Å²) in [4.78, 5) is 14.7. The van der Waals surface area contributed by atoms with Crippen LogP contribution < -0.4 is 0 Å². The second-order valence-corrected chi connectivity index (χ2v) is 5.79. The van der Waals surface area contributed by atoms with Gasteiger partial charge >= 0.3 is 0 Å². The highest BCUT2D eigenvalue weighted by molar-refractivity contribution is 5.97. The van der Waals surface area contributed by atoms with Crippen LogP contribution in [0.2, 0.25) is 0 Å². The third-order valence-corrected chi connectivity index (χ3v) is 4.20. The van der Waals surface area contributed by atoms with E-state index >= 15 is 0 Å². The maximum Gasteiger partial charge on any atom is 0.170 e. The van der Waals surface area contributed by atoms with Crippen LogP contribution >= 0.6 is 0 Å². The molecule has 1 aliphatic heterocycles. The van der Waals surface area contributed by atoms with Crippen molar-refractivity contribution >= 4 is 5.78 Å². The molecule has 0 saturated carbocycles. The molecule has 4 nitrogen and oxygen atoms in total. The lowest BCUT2D eigenvalue weighted by Crippen LogP contribution is -2.42. The number of likely N-dealkylation sites (tertiary alicyclic amines) is 1. The fraction of sp³-hybridized carbons (Fsp3) is 0.611. The number of hydrogen-bond donors (Lipinski definition) is 0. The molecule has 1 heterocycles. The lowest BCUT2D eigenvalue weighted by molar-refractivity contribution is -0.148. The van der Waals surface area contributed by atoms with E-state index in [0.717, 1.165) is 32.5 Å². The zero-order valence-corrected chi connectivity index (χ0v) is 14.0. The number of hydrogen-bond acceptors (Lipinski definition) is 4. The van der Waals surface area contributed by atoms with Gasteiger partial charge in [-0.05, 0) is 64.0 Å². The number of ether oxygens (including phenoxy) is 2. The maximum atomic E-state index is 12.9. The van der Waals surface area contributed by atoms with Gasteiger partial charge in [0.1, 0.15) is 5.82 Å². The van der Waals surface area contributed by atoms with Gasteiger partial charge < -0.3 is 9.47 Å². The van der Waals surface area contributed by atoms with Gasteiger partial charge in [-0.3, -0.25) is 9.69 Å². The second-order valence-electron chi connectivity index (χ2n) is 5.79. The molecule has 0 unspecified atom stereocenters. The summed E-state index contributed by atoms with van der Waals surface area (Å²) in [5.74, 6) is -0.167. The third kappa shape index (κ3) is 5.37. The summed E-state index contributed by atoms with van der Waals surface area (Å²) in [7, 11) is 0. The molecule has 1 saturated heterocycles. The molecular formula is C18H26FNO3. The standard InChI is InChI=1S/C18H26FNO3/c1-3-22-17(23-4-2)13-20-11-9-15(10-12-20)18(21)14-5-7-16(19)8-6-14/h5-8,15,17H,3-4,9-13H2,1-2H3. The predicted octanol–water partition coefficient (Wildman–Crippen LogP) is 3.12. The molecule has 0 bridgehead atoms. The fourth-order valence-electron chi connectivity index (χ4n) is 2.96. The Balaban J connectivity index is 1.83. The van der Waals surface area contributed by atoms with Gasteiger partial charge in [0.25, 0.3) is 0 Å². The molecule has 1 aromatic carbocycles. The lowest BCUT2D eigenvalue weighted by Gasteiger charge is -2.33. The Morgan fingerprint density at radius 2 is 1.74 bits per heavy atom. The van der Waals surface area contributed by atoms with Gasteiger partial charge in [0.15, 0.2) is 12.1 Å². The van der Waals surface area contributed by atoms with Crippen LogP contribution in [0.3, 0.4) is 0 Å². The number of piperidine rings is 1. The van der Waals surface area contributed by atoms with E-state index in [1.807, 2.05) is 13.8 Å². The number of benzene rings is 1. The molecule has 0 aromatic heterocycles. The zero-order valence-electron chi connectivity index (χ0n) is 14.0. The van der Waals surface area contributed by atoms with Crippen molar-refractivity contribution in [3.63, 3.8) is 0 Å². The molecule has 0 amide bonds. The summed E-state index contributed by atoms with van der Waals surface area (Å²) in [5, 5.41) is 0. The number of nitrogens with zero attached hydrogens (tertiary/aromatic N) is 1. The van der Waals surface area contributed by atoms with Gasteiger partial charge in [-0.1, -0.05) is 0 Å². The highest BCUT2D eigenvalue weighted by Crippen LogP contribution is 2.22. The summed E-state index contributed by atoms with van der Waals surface area (Å²) in [6.07, 6.45) is 1.44. The largest absolute Gasteiger partial charge is 0.352 e. The van der Waals surface area contributed by atoms with Gasteiger partial charge in [-0.15, -0.1) is 0 Å². The minimum absolute atomic E-state index is 0.0225. The van der Waals surface area contributed by atoms with Crippen LogP contribution in [-0.4, -0.2) is 49.8 Å². The van der Waals surface area contributed by atoms with Crippen molar-refractivity contribution in [2.24, 2.45) is 5.92 Å². The number of carbonyl (C=O) groups excluding carboxylic acids is 1. The molecule has 0 N–H and O–H groups in total. The zero-order chi connectivity index (χ0) is 16.7. The summed E-state index contributed by atoms with van der Waals surface area (Å²) in [5.41, 5.74) is 0.603. The topological polar surface area (TPSA) is 38.8 Å². The molecule has 128 valence electrons. The van der Waals surface area contributed by atoms with Crippen molar-refractivity contribution in [3.8, 4) is 0 Å². The normalized spacial score (nSPS) is 16.9. The average Bonchev–Trinajstić information content (AvgIpc) is 2.56. The number of Topliss-reactive ketones (excluding diaryl/α,β-unsaturated/α-hetero) is 1. The molecule has 5 heteroatoms. The summed E-state index contributed by atoms with van der Waals surface area (Å²) in [6, 6.07) is 5.84. The van der Waals surface area contributed by atoms with Crippen molar-refractivity contribution < 1.29 is 18.7 Å². The van der Waals surface area contributed by atoms with E-state index in [4.69, 9.17) is 9.47 Å². The Bertz CT molecular complexity index is 478. The van der Waals surface area contributed by atoms with E-state index in [1.54, 1.807) is 12.1 Å². The first-order valence-electron chi connectivity index (χ1n) is 8.39. The van der Waals surface area contributed by atoms with Crippen LogP contribution in [0.4, 0.5) is 4.39 Å². The molecule has 0 radical (unpaired) electrons. The molecule has 1 fully saturated rings. The van der Waals surface area contributed by atoms with Crippen molar-refractivity contribution in [3.05, 3.63) is 35.6 Å². The van der Waals surface area contributed by atoms with Gasteiger partial charge in [0.05, 0.1) is 0 Å². The molecule has 1 aliphatic rings. The Morgan fingerprint density at radius 3 is 2.26 bits per heavy atom. The smallest absolute Gasteiger partial charge is 0.170 e. The van der Waals surface area contributed by atoms with Crippen molar-refractivity contribution in [2.45, 2.75) is 33.0 Å². The van der Waals surface area contributed by atoms with E-state index in [1.165, 1.54) is 12.1 Å². The van der Waals surface area contributed by atoms with Crippen LogP contribution in [0.5, 0.6) is 0 Å². The molecule has 0 aliphatic carbocycles. The van der Waals surface area contributed by atoms with Gasteiger partial charge in [-0.2, -0.15) is 0 Å². The Morgan fingerprint density at radius 1 is 1.17 bits per heavy atom. The first-order chi connectivity index (χ1) is 11.1. The fourth-order valence-corrected chi connectivity index (χ4v) is 2.96. The van der Waals surface area contributed by atoms with Crippen LogP contribution in [0.25, 0.3) is 0 Å². The van der Waals surface area contributed by atoms with E-state index < -0.39 is 0 Å². The Hall–Kier alpha value is -1.30. The van der Waals surface area contributed by atoms with Gasteiger partial charge in [0.2, 0.25) is 0 Å². The number of carbonyl (C=O) groups is 1. The predicted molar refractivity (Wildman–Crippen MR) is 86.9 cm³/mol. The SMILES string of the molecule is CCOC(CN1CCC(C(=O)c2ccc(F)cc2)CC1)OCC. The van der Waals surface area contributed by atoms with E-state index in [0.29, 0.717) is 18.8 Å². The van der Waals surface area contributed by atoms with Crippen molar-refractivity contribution in [1.29, 1.82) is 0 Å². The van der Waals surface area contributed by atoms with Gasteiger partial charge in [0, 0.05) is 31.2 Å². The molecule has 0 atom stereocenters. The van der Waals surface area contributed by atoms with Crippen LogP contribution in [0, 0.1) is 11.7 Å². The van der Waals surface area contributed by atoms with Crippen LogP contribution in [0.1, 0.15) is 37.0 Å². The quantitative estimate of drug-likeness (QED) is 0.544. The summed E-state index contributed by atoms with van der Waals surface area (Å²) >= 11 is 0. The van der Waals surface area contributed by atoms with Crippen molar-refractivity contribution in [2.75, 3.05) is 32.8 Å². The molecular weight excluding hydrogens is 297 g/mol. The average molecular weight is 323 g/mol. The van der Waals surface area contributed by atoms with E-state index in [2.05, 4.69) is 4.90 Å². The molecule has 0 spiro atoms. The number of ketones is 1. The molecule has 2 rings (SSSR count). The van der Waals surface area contributed by atoms with E-state index in [-0.39, 0.29) is 23.8 Å². The van der Waals surface area contributed by atoms with Crippen LogP contribution in [-0.2, 0) is 9.47 Å². The number of halogens is 1. The van der Waals surface area contributed by atoms with Gasteiger partial charge in [-0.25, -0.2) is 4.39 Å². The Labute approximate surface area is 137 Å². The lowest BCUT2D eigenvalue weighted by atomic mass is 9.89. The first-order valence-corrected chi connectivity index (χ1v) is 8.39. The minimum atomic E-state index is -0.311. The highest BCUT2D eigenvalue weighted by Gasteiger charge is 2.27. The monoisotopic (exact) mass is 323 g/mol. The highest BCUT2D eigenvalue weighted by atomic mass is 19.1. The Kier molecular flexibility index (Phi) is 7.15. The summed E-state index contributed by atoms with van der Waals surface area (Å²) in [6.45, 7) is 7.62. The second kappa shape index (κ2) is 9.11. The third-order valence-electron chi connectivity index (χ3n) is 4.20. The van der Waals surface area contributed by atoms with Crippen LogP contribution in [0.15, 0.2) is 24.3 Å². The first kappa shape index (κ1) is 18.0. The molecule has 23 heavy (non-hydrogen) atoms. The summed E-state index contributed by atoms with van der Waals surface area (Å²) < 4.78 is 24.1. The maximum absolute atomic E-state index is 12.9. The van der Waals surface area contributed by atoms with Crippen molar-refractivity contribution in [1.82, 2.24) is 4.90 Å². The van der Waals surface area contributed by atoms with E-state index in [9.17, 15) is 9.18 Å². The molecule has 1 aromatic rings.